The second-order valence-corrected chi connectivity index (χ2v) is 4.15. The molecule has 0 bridgehead atoms. The van der Waals surface area contributed by atoms with Gasteiger partial charge in [0.1, 0.15) is 5.76 Å². The molecule has 1 aliphatic rings. The molecule has 13 heavy (non-hydrogen) atoms. The summed E-state index contributed by atoms with van der Waals surface area (Å²) in [6.45, 7) is 1.99. The van der Waals surface area contributed by atoms with E-state index in [2.05, 4.69) is 0 Å². The normalized spacial score (nSPS) is 39.9. The van der Waals surface area contributed by atoms with Gasteiger partial charge in [0, 0.05) is 7.11 Å². The predicted octanol–water partition coefficient (Wildman–Crippen LogP) is 2.40. The molecule has 0 saturated heterocycles. The lowest BCUT2D eigenvalue weighted by Gasteiger charge is -2.33. The lowest BCUT2D eigenvalue weighted by Crippen LogP contribution is -2.38. The van der Waals surface area contributed by atoms with Gasteiger partial charge in [0.05, 0.1) is 24.0 Å². The molecule has 76 valence electrons. The summed E-state index contributed by atoms with van der Waals surface area (Å²) in [4.78, 5) is 0. The second-order valence-electron chi connectivity index (χ2n) is 3.18. The van der Waals surface area contributed by atoms with Gasteiger partial charge < -0.3 is 9.47 Å². The van der Waals surface area contributed by atoms with Crippen molar-refractivity contribution in [1.82, 2.24) is 0 Å². The van der Waals surface area contributed by atoms with Gasteiger partial charge in [-0.3, -0.25) is 0 Å². The van der Waals surface area contributed by atoms with Crippen molar-refractivity contribution in [3.63, 3.8) is 0 Å². The van der Waals surface area contributed by atoms with E-state index >= 15 is 0 Å². The third kappa shape index (κ3) is 2.12. The minimum Gasteiger partial charge on any atom is -0.500 e. The van der Waals surface area contributed by atoms with Crippen molar-refractivity contribution in [2.45, 2.75) is 23.8 Å². The molecule has 0 aromatic carbocycles. The summed E-state index contributed by atoms with van der Waals surface area (Å²) in [7, 11) is 3.24. The molecule has 0 N–H and O–H groups in total. The maximum Gasteiger partial charge on any atom is 0.112 e. The SMILES string of the molecule is COC1=CC(OC)[C@H](Cl)C(C)[C@@H]1Cl. The zero-order valence-electron chi connectivity index (χ0n) is 7.96. The Morgan fingerprint density at radius 1 is 1.31 bits per heavy atom. The van der Waals surface area contributed by atoms with Crippen LogP contribution in [0.15, 0.2) is 11.8 Å². The van der Waals surface area contributed by atoms with Crippen molar-refractivity contribution in [3.05, 3.63) is 11.8 Å². The molecule has 0 aromatic rings. The molecule has 2 unspecified atom stereocenters. The van der Waals surface area contributed by atoms with E-state index in [0.29, 0.717) is 0 Å². The van der Waals surface area contributed by atoms with E-state index in [1.807, 2.05) is 13.0 Å². The summed E-state index contributed by atoms with van der Waals surface area (Å²) < 4.78 is 10.4. The van der Waals surface area contributed by atoms with Gasteiger partial charge in [0.2, 0.25) is 0 Å². The standard InChI is InChI=1S/C9H14Cl2O2/c1-5-8(10)6(12-2)4-7(13-3)9(5)11/h4-6,8-9H,1-3H3/t5?,6?,8-,9+/m1/s1. The number of rotatable bonds is 2. The van der Waals surface area contributed by atoms with Crippen LogP contribution in [-0.2, 0) is 9.47 Å². The van der Waals surface area contributed by atoms with E-state index in [9.17, 15) is 0 Å². The van der Waals surface area contributed by atoms with Gasteiger partial charge in [-0.05, 0) is 12.0 Å². The van der Waals surface area contributed by atoms with E-state index in [-0.39, 0.29) is 22.8 Å². The van der Waals surface area contributed by atoms with E-state index in [1.54, 1.807) is 14.2 Å². The fourth-order valence-electron chi connectivity index (χ4n) is 1.44. The molecule has 1 aliphatic carbocycles. The fraction of sp³-hybridized carbons (Fsp3) is 0.778. The highest BCUT2D eigenvalue weighted by molar-refractivity contribution is 6.25. The lowest BCUT2D eigenvalue weighted by molar-refractivity contribution is 0.104. The van der Waals surface area contributed by atoms with Crippen LogP contribution in [0.3, 0.4) is 0 Å². The van der Waals surface area contributed by atoms with E-state index in [4.69, 9.17) is 32.7 Å². The number of halogens is 2. The Labute approximate surface area is 88.8 Å². The zero-order chi connectivity index (χ0) is 10.0. The third-order valence-corrected chi connectivity index (χ3v) is 3.64. The Bertz CT molecular complexity index is 206. The van der Waals surface area contributed by atoms with Crippen molar-refractivity contribution < 1.29 is 9.47 Å². The highest BCUT2D eigenvalue weighted by Gasteiger charge is 2.36. The molecular formula is C9H14Cl2O2. The second kappa shape index (κ2) is 4.54. The Balaban J connectivity index is 2.86. The molecule has 0 aliphatic heterocycles. The largest absolute Gasteiger partial charge is 0.500 e. The topological polar surface area (TPSA) is 18.5 Å². The molecule has 0 radical (unpaired) electrons. The van der Waals surface area contributed by atoms with Crippen LogP contribution in [0.4, 0.5) is 0 Å². The van der Waals surface area contributed by atoms with Gasteiger partial charge in [-0.15, -0.1) is 23.2 Å². The fourth-order valence-corrected chi connectivity index (χ4v) is 2.16. The molecule has 4 atom stereocenters. The van der Waals surface area contributed by atoms with E-state index < -0.39 is 0 Å². The van der Waals surface area contributed by atoms with Crippen molar-refractivity contribution >= 4 is 23.2 Å². The van der Waals surface area contributed by atoms with E-state index in [0.717, 1.165) is 5.76 Å². The molecule has 0 amide bonds. The van der Waals surface area contributed by atoms with Crippen molar-refractivity contribution in [2.24, 2.45) is 5.92 Å². The van der Waals surface area contributed by atoms with Crippen LogP contribution in [0.2, 0.25) is 0 Å². The van der Waals surface area contributed by atoms with Gasteiger partial charge in [-0.1, -0.05) is 6.92 Å². The van der Waals surface area contributed by atoms with Gasteiger partial charge >= 0.3 is 0 Å². The average Bonchev–Trinajstić information content (AvgIpc) is 2.15. The molecule has 0 spiro atoms. The van der Waals surface area contributed by atoms with Crippen LogP contribution < -0.4 is 0 Å². The van der Waals surface area contributed by atoms with Crippen LogP contribution in [0, 0.1) is 5.92 Å². The maximum absolute atomic E-state index is 6.14. The molecule has 2 nitrogen and oxygen atoms in total. The molecule has 0 fully saturated rings. The van der Waals surface area contributed by atoms with Crippen LogP contribution in [0.1, 0.15) is 6.92 Å². The monoisotopic (exact) mass is 224 g/mol. The molecule has 0 saturated carbocycles. The minimum atomic E-state index is -0.154. The average molecular weight is 225 g/mol. The molecular weight excluding hydrogens is 211 g/mol. The number of hydrogen-bond acceptors (Lipinski definition) is 2. The number of ether oxygens (including phenoxy) is 2. The summed E-state index contributed by atoms with van der Waals surface area (Å²) in [5, 5.41) is -0.245. The summed E-state index contributed by atoms with van der Waals surface area (Å²) in [6.07, 6.45) is 1.73. The lowest BCUT2D eigenvalue weighted by atomic mass is 9.92. The third-order valence-electron chi connectivity index (χ3n) is 2.39. The summed E-state index contributed by atoms with van der Waals surface area (Å²) in [5.41, 5.74) is 0. The molecule has 0 aromatic heterocycles. The Kier molecular flexibility index (Phi) is 3.89. The van der Waals surface area contributed by atoms with Crippen molar-refractivity contribution in [2.75, 3.05) is 14.2 Å². The first kappa shape index (κ1) is 11.2. The van der Waals surface area contributed by atoms with Crippen LogP contribution >= 0.6 is 23.2 Å². The number of hydrogen-bond donors (Lipinski definition) is 0. The first-order valence-corrected chi connectivity index (χ1v) is 5.05. The maximum atomic E-state index is 6.14. The smallest absolute Gasteiger partial charge is 0.112 e. The molecule has 4 heteroatoms. The van der Waals surface area contributed by atoms with Gasteiger partial charge in [-0.2, -0.15) is 0 Å². The van der Waals surface area contributed by atoms with Crippen LogP contribution in [-0.4, -0.2) is 31.1 Å². The van der Waals surface area contributed by atoms with Gasteiger partial charge in [-0.25, -0.2) is 0 Å². The zero-order valence-corrected chi connectivity index (χ0v) is 9.47. The Morgan fingerprint density at radius 3 is 2.38 bits per heavy atom. The first-order valence-electron chi connectivity index (χ1n) is 4.18. The van der Waals surface area contributed by atoms with E-state index in [1.165, 1.54) is 0 Å². The Hall–Kier alpha value is 0.0800. The highest BCUT2D eigenvalue weighted by atomic mass is 35.5. The predicted molar refractivity (Wildman–Crippen MR) is 54.3 cm³/mol. The first-order chi connectivity index (χ1) is 6.11. The van der Waals surface area contributed by atoms with Crippen molar-refractivity contribution in [1.29, 1.82) is 0 Å². The number of allylic oxidation sites excluding steroid dienone is 1. The number of methoxy groups -OCH3 is 2. The van der Waals surface area contributed by atoms with Crippen LogP contribution in [0.25, 0.3) is 0 Å². The molecule has 0 heterocycles. The number of alkyl halides is 2. The minimum absolute atomic E-state index is 0.0913. The Morgan fingerprint density at radius 2 is 1.92 bits per heavy atom. The summed E-state index contributed by atoms with van der Waals surface area (Å²) in [6, 6.07) is 0. The highest BCUT2D eigenvalue weighted by Crippen LogP contribution is 2.33. The molecule has 1 rings (SSSR count). The van der Waals surface area contributed by atoms with Crippen LogP contribution in [0.5, 0.6) is 0 Å². The summed E-state index contributed by atoms with van der Waals surface area (Å²) >= 11 is 12.3. The quantitative estimate of drug-likeness (QED) is 0.672. The van der Waals surface area contributed by atoms with Gasteiger partial charge in [0.25, 0.3) is 0 Å². The van der Waals surface area contributed by atoms with Gasteiger partial charge in [0.15, 0.2) is 0 Å². The van der Waals surface area contributed by atoms with Crippen molar-refractivity contribution in [3.8, 4) is 0 Å². The summed E-state index contributed by atoms with van der Waals surface area (Å²) in [5.74, 6) is 0.895.